The zero-order valence-corrected chi connectivity index (χ0v) is 12.0. The van der Waals surface area contributed by atoms with E-state index in [2.05, 4.69) is 63.6 Å². The second kappa shape index (κ2) is 5.65. The van der Waals surface area contributed by atoms with Gasteiger partial charge in [0.05, 0.1) is 0 Å². The van der Waals surface area contributed by atoms with E-state index in [1.54, 1.807) is 0 Å². The average Bonchev–Trinajstić information content (AvgIpc) is 2.40. The number of hydrogen-bond donors (Lipinski definition) is 1. The van der Waals surface area contributed by atoms with Crippen molar-refractivity contribution in [1.29, 1.82) is 0 Å². The lowest BCUT2D eigenvalue weighted by Gasteiger charge is -2.15. The Morgan fingerprint density at radius 2 is 0.895 bits per heavy atom. The molecule has 2 aromatic rings. The Balaban J connectivity index is 2.08. The van der Waals surface area contributed by atoms with E-state index >= 15 is 0 Å². The molecule has 0 saturated heterocycles. The Kier molecular flexibility index (Phi) is 3.95. The molecule has 0 heterocycles. The summed E-state index contributed by atoms with van der Waals surface area (Å²) in [4.78, 5) is 4.19. The first kappa shape index (κ1) is 13.3. The molecule has 100 valence electrons. The van der Waals surface area contributed by atoms with Gasteiger partial charge in [-0.05, 0) is 48.5 Å². The van der Waals surface area contributed by atoms with Crippen molar-refractivity contribution in [2.24, 2.45) is 0 Å². The summed E-state index contributed by atoms with van der Waals surface area (Å²) in [6.45, 7) is 0. The van der Waals surface area contributed by atoms with Crippen LogP contribution in [0.15, 0.2) is 48.5 Å². The lowest BCUT2D eigenvalue weighted by atomic mass is 10.2. The van der Waals surface area contributed by atoms with Crippen LogP contribution in [0.25, 0.3) is 0 Å². The summed E-state index contributed by atoms with van der Waals surface area (Å²) < 4.78 is 0. The summed E-state index contributed by atoms with van der Waals surface area (Å²) in [5, 5.41) is 3.40. The largest absolute Gasteiger partial charge is 0.378 e. The first-order valence-electron chi connectivity index (χ1n) is 6.38. The molecule has 0 spiro atoms. The molecule has 0 aromatic heterocycles. The normalized spacial score (nSPS) is 10.1. The van der Waals surface area contributed by atoms with E-state index in [4.69, 9.17) is 0 Å². The van der Waals surface area contributed by atoms with Crippen LogP contribution in [-0.4, -0.2) is 28.2 Å². The van der Waals surface area contributed by atoms with Gasteiger partial charge in [-0.1, -0.05) is 0 Å². The topological polar surface area (TPSA) is 18.5 Å². The van der Waals surface area contributed by atoms with Crippen molar-refractivity contribution in [2.45, 2.75) is 0 Å². The number of hydrogen-bond acceptors (Lipinski definition) is 3. The summed E-state index contributed by atoms with van der Waals surface area (Å²) in [5.41, 5.74) is 4.61. The standard InChI is InChI=1S/C16H21N3/c1-18(2)15-9-5-13(6-10-15)17-14-7-11-16(12-8-14)19(3)4/h5-12,17H,1-4H3. The van der Waals surface area contributed by atoms with Crippen molar-refractivity contribution >= 4 is 22.7 Å². The van der Waals surface area contributed by atoms with Crippen molar-refractivity contribution in [3.8, 4) is 0 Å². The fourth-order valence-electron chi connectivity index (χ4n) is 1.85. The van der Waals surface area contributed by atoms with E-state index < -0.39 is 0 Å². The first-order valence-corrected chi connectivity index (χ1v) is 6.38. The van der Waals surface area contributed by atoms with E-state index in [0.29, 0.717) is 0 Å². The van der Waals surface area contributed by atoms with Gasteiger partial charge in [-0.3, -0.25) is 0 Å². The van der Waals surface area contributed by atoms with E-state index in [1.165, 1.54) is 11.4 Å². The molecule has 3 heteroatoms. The second-order valence-electron chi connectivity index (χ2n) is 5.01. The number of rotatable bonds is 4. The average molecular weight is 255 g/mol. The van der Waals surface area contributed by atoms with Crippen LogP contribution in [0.2, 0.25) is 0 Å². The van der Waals surface area contributed by atoms with Gasteiger partial charge >= 0.3 is 0 Å². The second-order valence-corrected chi connectivity index (χ2v) is 5.01. The predicted molar refractivity (Wildman–Crippen MR) is 84.8 cm³/mol. The Morgan fingerprint density at radius 1 is 0.579 bits per heavy atom. The molecule has 0 bridgehead atoms. The van der Waals surface area contributed by atoms with Crippen molar-refractivity contribution < 1.29 is 0 Å². The third-order valence-electron chi connectivity index (χ3n) is 3.06. The molecule has 0 saturated carbocycles. The summed E-state index contributed by atoms with van der Waals surface area (Å²) in [5.74, 6) is 0. The maximum absolute atomic E-state index is 3.40. The maximum atomic E-state index is 3.40. The van der Waals surface area contributed by atoms with Crippen LogP contribution in [0.3, 0.4) is 0 Å². The van der Waals surface area contributed by atoms with Crippen molar-refractivity contribution in [2.75, 3.05) is 43.3 Å². The quantitative estimate of drug-likeness (QED) is 0.901. The van der Waals surface area contributed by atoms with Crippen LogP contribution in [0.1, 0.15) is 0 Å². The summed E-state index contributed by atoms with van der Waals surface area (Å²) in [6.07, 6.45) is 0. The molecule has 1 N–H and O–H groups in total. The van der Waals surface area contributed by atoms with Crippen LogP contribution < -0.4 is 15.1 Å². The SMILES string of the molecule is CN(C)c1ccc(Nc2ccc(N(C)C)cc2)cc1. The van der Waals surface area contributed by atoms with Gasteiger partial charge in [0, 0.05) is 50.9 Å². The molecule has 0 amide bonds. The minimum atomic E-state index is 1.10. The highest BCUT2D eigenvalue weighted by Crippen LogP contribution is 2.22. The molecule has 0 atom stereocenters. The molecule has 0 aliphatic carbocycles. The van der Waals surface area contributed by atoms with Gasteiger partial charge in [0.1, 0.15) is 0 Å². The summed E-state index contributed by atoms with van der Waals surface area (Å²) in [7, 11) is 8.18. The van der Waals surface area contributed by atoms with E-state index in [9.17, 15) is 0 Å². The zero-order chi connectivity index (χ0) is 13.8. The fraction of sp³-hybridized carbons (Fsp3) is 0.250. The summed E-state index contributed by atoms with van der Waals surface area (Å²) in [6, 6.07) is 16.8. The molecule has 0 radical (unpaired) electrons. The molecule has 19 heavy (non-hydrogen) atoms. The van der Waals surface area contributed by atoms with Gasteiger partial charge < -0.3 is 15.1 Å². The lowest BCUT2D eigenvalue weighted by Crippen LogP contribution is -2.08. The highest BCUT2D eigenvalue weighted by atomic mass is 15.1. The molecule has 2 rings (SSSR count). The number of anilines is 4. The molecule has 3 nitrogen and oxygen atoms in total. The zero-order valence-electron chi connectivity index (χ0n) is 12.0. The van der Waals surface area contributed by atoms with Gasteiger partial charge in [-0.15, -0.1) is 0 Å². The number of benzene rings is 2. The fourth-order valence-corrected chi connectivity index (χ4v) is 1.85. The number of nitrogens with zero attached hydrogens (tertiary/aromatic N) is 2. The summed E-state index contributed by atoms with van der Waals surface area (Å²) >= 11 is 0. The smallest absolute Gasteiger partial charge is 0.0385 e. The molecule has 0 aliphatic heterocycles. The Bertz CT molecular complexity index is 463. The Labute approximate surface area is 115 Å². The molecule has 0 aliphatic rings. The van der Waals surface area contributed by atoms with E-state index in [-0.39, 0.29) is 0 Å². The van der Waals surface area contributed by atoms with E-state index in [1.807, 2.05) is 28.2 Å². The predicted octanol–water partition coefficient (Wildman–Crippen LogP) is 3.56. The van der Waals surface area contributed by atoms with Crippen molar-refractivity contribution in [1.82, 2.24) is 0 Å². The third-order valence-corrected chi connectivity index (χ3v) is 3.06. The van der Waals surface area contributed by atoms with E-state index in [0.717, 1.165) is 11.4 Å². The van der Waals surface area contributed by atoms with Gasteiger partial charge in [0.15, 0.2) is 0 Å². The van der Waals surface area contributed by atoms with Gasteiger partial charge in [-0.25, -0.2) is 0 Å². The highest BCUT2D eigenvalue weighted by molar-refractivity contribution is 5.64. The molecule has 2 aromatic carbocycles. The van der Waals surface area contributed by atoms with Crippen LogP contribution in [-0.2, 0) is 0 Å². The molecular formula is C16H21N3. The highest BCUT2D eigenvalue weighted by Gasteiger charge is 1.98. The minimum absolute atomic E-state index is 1.10. The van der Waals surface area contributed by atoms with Gasteiger partial charge in [-0.2, -0.15) is 0 Å². The van der Waals surface area contributed by atoms with Crippen molar-refractivity contribution in [3.05, 3.63) is 48.5 Å². The number of nitrogens with one attached hydrogen (secondary N) is 1. The third kappa shape index (κ3) is 3.41. The van der Waals surface area contributed by atoms with Crippen molar-refractivity contribution in [3.63, 3.8) is 0 Å². The minimum Gasteiger partial charge on any atom is -0.378 e. The van der Waals surface area contributed by atoms with Gasteiger partial charge in [0.25, 0.3) is 0 Å². The van der Waals surface area contributed by atoms with Crippen LogP contribution in [0.5, 0.6) is 0 Å². The molecule has 0 fully saturated rings. The molecule has 0 unspecified atom stereocenters. The Hall–Kier alpha value is -2.16. The van der Waals surface area contributed by atoms with Crippen LogP contribution in [0.4, 0.5) is 22.7 Å². The first-order chi connectivity index (χ1) is 9.06. The monoisotopic (exact) mass is 255 g/mol. The molecular weight excluding hydrogens is 234 g/mol. The Morgan fingerprint density at radius 3 is 1.16 bits per heavy atom. The van der Waals surface area contributed by atoms with Gasteiger partial charge in [0.2, 0.25) is 0 Å². The maximum Gasteiger partial charge on any atom is 0.0385 e. The lowest BCUT2D eigenvalue weighted by molar-refractivity contribution is 1.13. The van der Waals surface area contributed by atoms with Crippen LogP contribution >= 0.6 is 0 Å². The van der Waals surface area contributed by atoms with Crippen LogP contribution in [0, 0.1) is 0 Å².